The number of piperidine rings is 1. The zero-order valence-corrected chi connectivity index (χ0v) is 11.6. The first-order valence-electron chi connectivity index (χ1n) is 6.02. The summed E-state index contributed by atoms with van der Waals surface area (Å²) in [6.07, 6.45) is 2.75. The Bertz CT molecular complexity index is 684. The molecule has 2 aromatic rings. The Labute approximate surface area is 118 Å². The molecule has 1 unspecified atom stereocenters. The molecule has 1 aromatic carbocycles. The second kappa shape index (κ2) is 4.74. The fourth-order valence-corrected chi connectivity index (χ4v) is 2.71. The topological polar surface area (TPSA) is 59.1 Å². The van der Waals surface area contributed by atoms with Gasteiger partial charge in [0.05, 0.1) is 5.92 Å². The van der Waals surface area contributed by atoms with E-state index in [1.54, 1.807) is 6.20 Å². The Morgan fingerprint density at radius 1 is 1.21 bits per heavy atom. The van der Waals surface area contributed by atoms with Gasteiger partial charge in [0.1, 0.15) is 4.60 Å². The van der Waals surface area contributed by atoms with E-state index in [2.05, 4.69) is 26.2 Å². The Kier molecular flexibility index (Phi) is 3.06. The second-order valence-corrected chi connectivity index (χ2v) is 5.43. The van der Waals surface area contributed by atoms with Gasteiger partial charge < -0.3 is 0 Å². The lowest BCUT2D eigenvalue weighted by Crippen LogP contribution is -2.39. The predicted octanol–water partition coefficient (Wildman–Crippen LogP) is 2.52. The summed E-state index contributed by atoms with van der Waals surface area (Å²) in [5, 5.41) is 4.45. The third-order valence-electron chi connectivity index (χ3n) is 3.35. The number of nitrogens with zero attached hydrogens (tertiary/aromatic N) is 1. The van der Waals surface area contributed by atoms with Crippen LogP contribution in [0.25, 0.3) is 10.8 Å². The van der Waals surface area contributed by atoms with Crippen molar-refractivity contribution in [1.82, 2.24) is 10.3 Å². The molecule has 1 N–H and O–H groups in total. The van der Waals surface area contributed by atoms with Gasteiger partial charge in [-0.3, -0.25) is 14.9 Å². The molecule has 0 spiro atoms. The molecule has 4 nitrogen and oxygen atoms in total. The van der Waals surface area contributed by atoms with Gasteiger partial charge in [-0.25, -0.2) is 4.98 Å². The molecule has 19 heavy (non-hydrogen) atoms. The Morgan fingerprint density at radius 3 is 2.84 bits per heavy atom. The van der Waals surface area contributed by atoms with Gasteiger partial charge in [-0.2, -0.15) is 0 Å². The number of halogens is 1. The quantitative estimate of drug-likeness (QED) is 0.649. The third kappa shape index (κ3) is 2.38. The van der Waals surface area contributed by atoms with Gasteiger partial charge in [-0.1, -0.05) is 18.2 Å². The molecule has 2 amide bonds. The minimum absolute atomic E-state index is 0.186. The summed E-state index contributed by atoms with van der Waals surface area (Å²) >= 11 is 3.34. The van der Waals surface area contributed by atoms with Gasteiger partial charge in [0.15, 0.2) is 0 Å². The van der Waals surface area contributed by atoms with Crippen LogP contribution in [0.1, 0.15) is 24.3 Å². The van der Waals surface area contributed by atoms with Crippen LogP contribution in [0.3, 0.4) is 0 Å². The zero-order valence-electron chi connectivity index (χ0n) is 10.0. The SMILES string of the molecule is O=C1CCC(c2ccc3cnc(Br)cc3c2)C(=O)N1. The molecule has 3 rings (SSSR count). The lowest BCUT2D eigenvalue weighted by molar-refractivity contribution is -0.134. The summed E-state index contributed by atoms with van der Waals surface area (Å²) in [7, 11) is 0. The molecule has 0 bridgehead atoms. The van der Waals surface area contributed by atoms with Crippen LogP contribution in [0, 0.1) is 0 Å². The fourth-order valence-electron chi connectivity index (χ4n) is 2.36. The Balaban J connectivity index is 2.01. The molecular weight excluding hydrogens is 308 g/mol. The van der Waals surface area contributed by atoms with E-state index in [9.17, 15) is 9.59 Å². The molecule has 96 valence electrons. The number of pyridine rings is 1. The molecule has 5 heteroatoms. The van der Waals surface area contributed by atoms with Crippen molar-refractivity contribution in [2.24, 2.45) is 0 Å². The van der Waals surface area contributed by atoms with E-state index in [0.29, 0.717) is 12.8 Å². The number of fused-ring (bicyclic) bond motifs is 1. The summed E-state index contributed by atoms with van der Waals surface area (Å²) in [5.41, 5.74) is 0.940. The van der Waals surface area contributed by atoms with E-state index in [1.807, 2.05) is 24.3 Å². The number of rotatable bonds is 1. The van der Waals surface area contributed by atoms with Gasteiger partial charge >= 0.3 is 0 Å². The number of benzene rings is 1. The van der Waals surface area contributed by atoms with Crippen molar-refractivity contribution in [3.8, 4) is 0 Å². The number of hydrogen-bond donors (Lipinski definition) is 1. The number of amides is 2. The van der Waals surface area contributed by atoms with Gasteiger partial charge in [0.2, 0.25) is 11.8 Å². The van der Waals surface area contributed by atoms with E-state index in [1.165, 1.54) is 0 Å². The summed E-state index contributed by atoms with van der Waals surface area (Å²) < 4.78 is 0.764. The highest BCUT2D eigenvalue weighted by molar-refractivity contribution is 9.10. The molecule has 2 heterocycles. The second-order valence-electron chi connectivity index (χ2n) is 4.62. The maximum absolute atomic E-state index is 11.9. The highest BCUT2D eigenvalue weighted by Crippen LogP contribution is 2.28. The van der Waals surface area contributed by atoms with Crippen molar-refractivity contribution in [3.05, 3.63) is 40.6 Å². The van der Waals surface area contributed by atoms with Crippen molar-refractivity contribution >= 4 is 38.5 Å². The molecule has 0 aliphatic carbocycles. The molecule has 1 atom stereocenters. The maximum atomic E-state index is 11.9. The van der Waals surface area contributed by atoms with Crippen LogP contribution in [0.2, 0.25) is 0 Å². The summed E-state index contributed by atoms with van der Waals surface area (Å²) in [6.45, 7) is 0. The van der Waals surface area contributed by atoms with Crippen molar-refractivity contribution in [1.29, 1.82) is 0 Å². The Morgan fingerprint density at radius 2 is 2.05 bits per heavy atom. The van der Waals surface area contributed by atoms with E-state index < -0.39 is 0 Å². The standard InChI is InChI=1S/C14H11BrN2O2/c15-12-6-10-5-8(1-2-9(10)7-16-12)11-3-4-13(18)17-14(11)19/h1-2,5-7,11H,3-4H2,(H,17,18,19). The molecular formula is C14H11BrN2O2. The molecule has 1 aliphatic rings. The van der Waals surface area contributed by atoms with Crippen LogP contribution in [0.5, 0.6) is 0 Å². The van der Waals surface area contributed by atoms with Crippen molar-refractivity contribution in [2.75, 3.05) is 0 Å². The number of hydrogen-bond acceptors (Lipinski definition) is 3. The van der Waals surface area contributed by atoms with Gasteiger partial charge in [0, 0.05) is 18.0 Å². The minimum Gasteiger partial charge on any atom is -0.296 e. The maximum Gasteiger partial charge on any atom is 0.234 e. The van der Waals surface area contributed by atoms with Crippen LogP contribution in [0.4, 0.5) is 0 Å². The molecule has 1 fully saturated rings. The molecule has 0 saturated carbocycles. The smallest absolute Gasteiger partial charge is 0.234 e. The van der Waals surface area contributed by atoms with Crippen molar-refractivity contribution in [3.63, 3.8) is 0 Å². The lowest BCUT2D eigenvalue weighted by atomic mass is 9.89. The molecule has 1 saturated heterocycles. The summed E-state index contributed by atoms with van der Waals surface area (Å²) in [5.74, 6) is -0.633. The molecule has 1 aliphatic heterocycles. The largest absolute Gasteiger partial charge is 0.296 e. The van der Waals surface area contributed by atoms with E-state index in [-0.39, 0.29) is 17.7 Å². The van der Waals surface area contributed by atoms with E-state index in [4.69, 9.17) is 0 Å². The van der Waals surface area contributed by atoms with E-state index >= 15 is 0 Å². The van der Waals surface area contributed by atoms with Crippen LogP contribution in [-0.2, 0) is 9.59 Å². The first-order chi connectivity index (χ1) is 9.13. The number of nitrogens with one attached hydrogen (secondary N) is 1. The van der Waals surface area contributed by atoms with Gasteiger partial charge in [0.25, 0.3) is 0 Å². The van der Waals surface area contributed by atoms with Gasteiger partial charge in [-0.05, 0) is 39.4 Å². The first-order valence-corrected chi connectivity index (χ1v) is 6.82. The van der Waals surface area contributed by atoms with Crippen LogP contribution >= 0.6 is 15.9 Å². The van der Waals surface area contributed by atoms with Crippen molar-refractivity contribution < 1.29 is 9.59 Å². The average molecular weight is 319 g/mol. The Hall–Kier alpha value is -1.75. The number of carbonyl (C=O) groups is 2. The van der Waals surface area contributed by atoms with Crippen molar-refractivity contribution in [2.45, 2.75) is 18.8 Å². The van der Waals surface area contributed by atoms with E-state index in [0.717, 1.165) is 20.9 Å². The van der Waals surface area contributed by atoms with Crippen LogP contribution in [0.15, 0.2) is 35.1 Å². The number of carbonyl (C=O) groups excluding carboxylic acids is 2. The normalized spacial score (nSPS) is 19.5. The molecule has 0 radical (unpaired) electrons. The number of imide groups is 1. The predicted molar refractivity (Wildman–Crippen MR) is 74.6 cm³/mol. The monoisotopic (exact) mass is 318 g/mol. The van der Waals surface area contributed by atoms with Gasteiger partial charge in [-0.15, -0.1) is 0 Å². The van der Waals surface area contributed by atoms with Crippen LogP contribution in [-0.4, -0.2) is 16.8 Å². The highest BCUT2D eigenvalue weighted by Gasteiger charge is 2.27. The first kappa shape index (κ1) is 12.3. The zero-order chi connectivity index (χ0) is 13.4. The minimum atomic E-state index is -0.242. The lowest BCUT2D eigenvalue weighted by Gasteiger charge is -2.21. The highest BCUT2D eigenvalue weighted by atomic mass is 79.9. The third-order valence-corrected chi connectivity index (χ3v) is 3.79. The van der Waals surface area contributed by atoms with Crippen LogP contribution < -0.4 is 5.32 Å². The fraction of sp³-hybridized carbons (Fsp3) is 0.214. The number of aromatic nitrogens is 1. The summed E-state index contributed by atoms with van der Waals surface area (Å²) in [6, 6.07) is 7.79. The molecule has 1 aromatic heterocycles. The average Bonchev–Trinajstić information content (AvgIpc) is 2.38. The summed E-state index contributed by atoms with van der Waals surface area (Å²) in [4.78, 5) is 27.2.